The van der Waals surface area contributed by atoms with Crippen LogP contribution in [0.5, 0.6) is 0 Å². The summed E-state index contributed by atoms with van der Waals surface area (Å²) < 4.78 is 15.7. The third-order valence-electron chi connectivity index (χ3n) is 6.89. The molecule has 1 aliphatic rings. The summed E-state index contributed by atoms with van der Waals surface area (Å²) in [5, 5.41) is 9.08. The van der Waals surface area contributed by atoms with E-state index in [9.17, 15) is 9.18 Å². The van der Waals surface area contributed by atoms with E-state index in [4.69, 9.17) is 10.1 Å². The molecular weight excluding hydrogens is 455 g/mol. The Morgan fingerprint density at radius 2 is 1.53 bits per heavy atom. The van der Waals surface area contributed by atoms with E-state index >= 15 is 0 Å². The number of para-hydroxylation sites is 2. The molecule has 1 aromatic heterocycles. The van der Waals surface area contributed by atoms with E-state index in [1.807, 2.05) is 36.4 Å². The number of hydrogen-bond donors (Lipinski definition) is 1. The maximum absolute atomic E-state index is 13.4. The number of anilines is 1. The van der Waals surface area contributed by atoms with Crippen molar-refractivity contribution in [1.82, 2.24) is 14.5 Å². The molecule has 6 nitrogen and oxygen atoms in total. The lowest BCUT2D eigenvalue weighted by Gasteiger charge is -2.31. The number of benzene rings is 3. The fourth-order valence-electron chi connectivity index (χ4n) is 4.95. The van der Waals surface area contributed by atoms with Crippen LogP contribution in [0.3, 0.4) is 0 Å². The molecule has 4 aromatic rings. The first kappa shape index (κ1) is 24.0. The van der Waals surface area contributed by atoms with Gasteiger partial charge >= 0.3 is 5.97 Å². The predicted molar refractivity (Wildman–Crippen MR) is 140 cm³/mol. The van der Waals surface area contributed by atoms with Gasteiger partial charge < -0.3 is 19.5 Å². The molecule has 1 fully saturated rings. The van der Waals surface area contributed by atoms with Gasteiger partial charge in [-0.3, -0.25) is 0 Å². The summed E-state index contributed by atoms with van der Waals surface area (Å²) in [6, 6.07) is 22.1. The van der Waals surface area contributed by atoms with E-state index in [0.29, 0.717) is 12.1 Å². The predicted octanol–water partition coefficient (Wildman–Crippen LogP) is 5.07. The molecule has 2 heterocycles. The summed E-state index contributed by atoms with van der Waals surface area (Å²) in [7, 11) is 0. The van der Waals surface area contributed by atoms with E-state index in [0.717, 1.165) is 80.1 Å². The number of carboxylic acid groups (broad SMARTS) is 1. The highest BCUT2D eigenvalue weighted by atomic mass is 19.1. The molecule has 1 saturated heterocycles. The Bertz CT molecular complexity index is 1310. The van der Waals surface area contributed by atoms with Crippen molar-refractivity contribution in [2.45, 2.75) is 25.8 Å². The molecular formula is C29H31FN4O2. The van der Waals surface area contributed by atoms with Crippen LogP contribution in [-0.4, -0.2) is 58.3 Å². The number of rotatable bonds is 7. The Kier molecular flexibility index (Phi) is 7.28. The number of fused-ring (bicyclic) bond motifs is 1. The van der Waals surface area contributed by atoms with E-state index < -0.39 is 5.97 Å². The lowest BCUT2D eigenvalue weighted by atomic mass is 10.1. The number of hydrogen-bond acceptors (Lipinski definition) is 4. The summed E-state index contributed by atoms with van der Waals surface area (Å²) in [5.41, 5.74) is 4.62. The first-order chi connectivity index (χ1) is 17.6. The highest BCUT2D eigenvalue weighted by Gasteiger charge is 2.20. The van der Waals surface area contributed by atoms with Gasteiger partial charge in [0.2, 0.25) is 5.95 Å². The van der Waals surface area contributed by atoms with Gasteiger partial charge in [-0.25, -0.2) is 14.2 Å². The van der Waals surface area contributed by atoms with Gasteiger partial charge in [0.05, 0.1) is 23.1 Å². The molecule has 0 radical (unpaired) electrons. The summed E-state index contributed by atoms with van der Waals surface area (Å²) in [6.07, 6.45) is 2.99. The Labute approximate surface area is 210 Å². The second-order valence-electron chi connectivity index (χ2n) is 9.40. The Morgan fingerprint density at radius 3 is 2.22 bits per heavy atom. The van der Waals surface area contributed by atoms with E-state index in [1.165, 1.54) is 12.1 Å². The molecule has 1 aliphatic heterocycles. The Morgan fingerprint density at radius 1 is 0.861 bits per heavy atom. The zero-order valence-corrected chi connectivity index (χ0v) is 20.3. The molecule has 0 aliphatic carbocycles. The van der Waals surface area contributed by atoms with Crippen LogP contribution >= 0.6 is 0 Å². The van der Waals surface area contributed by atoms with Crippen molar-refractivity contribution >= 4 is 23.0 Å². The number of halogens is 1. The van der Waals surface area contributed by atoms with Crippen molar-refractivity contribution in [3.8, 4) is 0 Å². The van der Waals surface area contributed by atoms with Crippen LogP contribution in [0.1, 0.15) is 34.3 Å². The van der Waals surface area contributed by atoms with Gasteiger partial charge in [-0.15, -0.1) is 0 Å². The Hall–Kier alpha value is -3.71. The van der Waals surface area contributed by atoms with Gasteiger partial charge in [0.1, 0.15) is 5.82 Å². The molecule has 0 atom stereocenters. The molecule has 3 aromatic carbocycles. The van der Waals surface area contributed by atoms with Crippen molar-refractivity contribution < 1.29 is 14.3 Å². The second-order valence-corrected chi connectivity index (χ2v) is 9.40. The molecule has 0 amide bonds. The smallest absolute Gasteiger partial charge is 0.335 e. The molecule has 0 unspecified atom stereocenters. The van der Waals surface area contributed by atoms with Crippen LogP contribution in [0.2, 0.25) is 0 Å². The van der Waals surface area contributed by atoms with Gasteiger partial charge in [-0.2, -0.15) is 0 Å². The van der Waals surface area contributed by atoms with Gasteiger partial charge in [-0.1, -0.05) is 36.4 Å². The van der Waals surface area contributed by atoms with Crippen LogP contribution < -0.4 is 4.90 Å². The molecule has 1 N–H and O–H groups in total. The van der Waals surface area contributed by atoms with E-state index in [2.05, 4.69) is 26.5 Å². The van der Waals surface area contributed by atoms with E-state index in [1.54, 1.807) is 12.1 Å². The normalized spacial score (nSPS) is 15.1. The third-order valence-corrected chi connectivity index (χ3v) is 6.89. The van der Waals surface area contributed by atoms with Crippen LogP contribution in [0, 0.1) is 5.82 Å². The monoisotopic (exact) mass is 486 g/mol. The first-order valence-electron chi connectivity index (χ1n) is 12.6. The first-order valence-corrected chi connectivity index (χ1v) is 12.6. The number of carboxylic acids is 1. The lowest BCUT2D eigenvalue weighted by molar-refractivity contribution is 0.0697. The average Bonchev–Trinajstić information content (AvgIpc) is 3.23. The number of aromatic nitrogens is 2. The van der Waals surface area contributed by atoms with E-state index in [-0.39, 0.29) is 5.82 Å². The number of nitrogens with zero attached hydrogens (tertiary/aromatic N) is 4. The molecule has 5 rings (SSSR count). The molecule has 186 valence electrons. The van der Waals surface area contributed by atoms with Crippen molar-refractivity contribution in [3.63, 3.8) is 0 Å². The highest BCUT2D eigenvalue weighted by Crippen LogP contribution is 2.25. The largest absolute Gasteiger partial charge is 0.478 e. The highest BCUT2D eigenvalue weighted by molar-refractivity contribution is 5.87. The summed E-state index contributed by atoms with van der Waals surface area (Å²) in [6.45, 7) is 5.51. The molecule has 0 bridgehead atoms. The standard InChI is InChI=1S/C29H31FN4O2/c30-25-13-9-23(10-14-25)21-34-27-6-2-1-5-26(27)31-29(34)33-18-3-16-32(17-4-19-33)20-15-22-7-11-24(12-8-22)28(35)36/h1-2,5-14H,3-4,15-21H2,(H,35,36). The molecule has 36 heavy (non-hydrogen) atoms. The van der Waals surface area contributed by atoms with Crippen LogP contribution in [0.4, 0.5) is 10.3 Å². The van der Waals surface area contributed by atoms with Gasteiger partial charge in [-0.05, 0) is 79.9 Å². The summed E-state index contributed by atoms with van der Waals surface area (Å²) in [5.74, 6) is -0.131. The number of carbonyl (C=O) groups is 1. The lowest BCUT2D eigenvalue weighted by Crippen LogP contribution is -2.38. The van der Waals surface area contributed by atoms with Crippen LogP contribution in [0.15, 0.2) is 72.8 Å². The van der Waals surface area contributed by atoms with Gasteiger partial charge in [0.25, 0.3) is 0 Å². The van der Waals surface area contributed by atoms with Crippen molar-refractivity contribution in [2.75, 3.05) is 37.6 Å². The summed E-state index contributed by atoms with van der Waals surface area (Å²) >= 11 is 0. The maximum atomic E-state index is 13.4. The topological polar surface area (TPSA) is 61.6 Å². The fraction of sp³-hybridized carbons (Fsp3) is 0.310. The quantitative estimate of drug-likeness (QED) is 0.395. The average molecular weight is 487 g/mol. The number of aromatic carboxylic acids is 1. The SMILES string of the molecule is O=C(O)c1ccc(CCN2CCCN(c3nc4ccccc4n3Cc3ccc(F)cc3)CCC2)cc1. The van der Waals surface area contributed by atoms with Crippen LogP contribution in [0.25, 0.3) is 11.0 Å². The maximum Gasteiger partial charge on any atom is 0.335 e. The van der Waals surface area contributed by atoms with Gasteiger partial charge in [0.15, 0.2) is 0 Å². The molecule has 0 spiro atoms. The molecule has 0 saturated carbocycles. The second kappa shape index (κ2) is 10.9. The zero-order valence-electron chi connectivity index (χ0n) is 20.3. The minimum absolute atomic E-state index is 0.222. The fourth-order valence-corrected chi connectivity index (χ4v) is 4.95. The van der Waals surface area contributed by atoms with Crippen molar-refractivity contribution in [3.05, 3.63) is 95.3 Å². The third kappa shape index (κ3) is 5.57. The molecule has 7 heteroatoms. The van der Waals surface area contributed by atoms with Gasteiger partial charge in [0, 0.05) is 19.6 Å². The minimum Gasteiger partial charge on any atom is -0.478 e. The Balaban J connectivity index is 1.24. The summed E-state index contributed by atoms with van der Waals surface area (Å²) in [4.78, 5) is 21.0. The van der Waals surface area contributed by atoms with Crippen molar-refractivity contribution in [2.24, 2.45) is 0 Å². The zero-order chi connectivity index (χ0) is 24.9. The minimum atomic E-state index is -0.888. The number of imidazole rings is 1. The van der Waals surface area contributed by atoms with Crippen molar-refractivity contribution in [1.29, 1.82) is 0 Å². The van der Waals surface area contributed by atoms with Crippen LogP contribution in [-0.2, 0) is 13.0 Å².